The molecule has 3 aromatic rings. The Morgan fingerprint density at radius 1 is 1.21 bits per heavy atom. The predicted molar refractivity (Wildman–Crippen MR) is 109 cm³/mol. The molecule has 0 radical (unpaired) electrons. The molecule has 0 fully saturated rings. The van der Waals surface area contributed by atoms with E-state index in [-0.39, 0.29) is 11.3 Å². The highest BCUT2D eigenvalue weighted by Gasteiger charge is 2.25. The van der Waals surface area contributed by atoms with Crippen LogP contribution in [0.5, 0.6) is 5.75 Å². The van der Waals surface area contributed by atoms with E-state index in [2.05, 4.69) is 11.8 Å². The fourth-order valence-electron chi connectivity index (χ4n) is 3.86. The van der Waals surface area contributed by atoms with Gasteiger partial charge >= 0.3 is 5.97 Å². The summed E-state index contributed by atoms with van der Waals surface area (Å²) in [4.78, 5) is 19.0. The normalized spacial score (nSPS) is 14.2. The largest absolute Gasteiger partial charge is 0.505 e. The monoisotopic (exact) mass is 396 g/mol. The molecule has 0 aliphatic carbocycles. The summed E-state index contributed by atoms with van der Waals surface area (Å²) in [6, 6.07) is 11.0. The molecule has 0 saturated heterocycles. The lowest BCUT2D eigenvalue weighted by Crippen LogP contribution is -2.30. The number of aromatic hydroxyl groups is 1. The molecule has 2 heterocycles. The third kappa shape index (κ3) is 3.32. The second-order valence-corrected chi connectivity index (χ2v) is 7.55. The number of pyridine rings is 1. The van der Waals surface area contributed by atoms with E-state index in [1.54, 1.807) is 18.2 Å². The molecule has 0 bridgehead atoms. The van der Waals surface area contributed by atoms with Crippen LogP contribution in [0.1, 0.15) is 39.7 Å². The summed E-state index contributed by atoms with van der Waals surface area (Å²) in [5, 5.41) is 21.6. The maximum absolute atomic E-state index is 12.0. The van der Waals surface area contributed by atoms with E-state index in [4.69, 9.17) is 16.6 Å². The number of hydrogen-bond donors (Lipinski definition) is 2. The molecule has 0 atom stereocenters. The Balaban J connectivity index is 1.91. The van der Waals surface area contributed by atoms with Crippen molar-refractivity contribution in [3.63, 3.8) is 0 Å². The lowest BCUT2D eigenvalue weighted by molar-refractivity contribution is 0.0695. The predicted octanol–water partition coefficient (Wildman–Crippen LogP) is 4.26. The summed E-state index contributed by atoms with van der Waals surface area (Å²) in [6.45, 7) is 4.76. The molecule has 2 N–H and O–H groups in total. The Kier molecular flexibility index (Phi) is 4.96. The van der Waals surface area contributed by atoms with Gasteiger partial charge in [-0.2, -0.15) is 0 Å². The van der Waals surface area contributed by atoms with Crippen molar-refractivity contribution in [1.29, 1.82) is 0 Å². The van der Waals surface area contributed by atoms with Crippen molar-refractivity contribution in [2.24, 2.45) is 0 Å². The third-order valence-electron chi connectivity index (χ3n) is 5.43. The number of carbonyl (C=O) groups is 1. The molecular formula is C22H21ClN2O3. The van der Waals surface area contributed by atoms with Crippen molar-refractivity contribution >= 4 is 28.5 Å². The Hall–Kier alpha value is -2.63. The van der Waals surface area contributed by atoms with E-state index >= 15 is 0 Å². The van der Waals surface area contributed by atoms with Gasteiger partial charge in [-0.1, -0.05) is 42.8 Å². The summed E-state index contributed by atoms with van der Waals surface area (Å²) in [7, 11) is 0. The van der Waals surface area contributed by atoms with Crippen LogP contribution in [0.25, 0.3) is 10.9 Å². The number of rotatable bonds is 4. The zero-order chi connectivity index (χ0) is 19.8. The second kappa shape index (κ2) is 7.41. The van der Waals surface area contributed by atoms with Gasteiger partial charge in [-0.3, -0.25) is 4.90 Å². The number of carboxylic acid groups (broad SMARTS) is 1. The van der Waals surface area contributed by atoms with Gasteiger partial charge in [0.1, 0.15) is 5.56 Å². The van der Waals surface area contributed by atoms with Crippen molar-refractivity contribution in [3.05, 3.63) is 69.4 Å². The van der Waals surface area contributed by atoms with E-state index in [0.717, 1.165) is 37.2 Å². The number of aromatic carboxylic acids is 1. The molecule has 144 valence electrons. The van der Waals surface area contributed by atoms with Gasteiger partial charge in [-0.05, 0) is 41.8 Å². The van der Waals surface area contributed by atoms with Gasteiger partial charge in [0.15, 0.2) is 5.75 Å². The molecule has 1 aromatic heterocycles. The first-order valence-corrected chi connectivity index (χ1v) is 9.72. The van der Waals surface area contributed by atoms with Crippen molar-refractivity contribution < 1.29 is 15.0 Å². The highest BCUT2D eigenvalue weighted by molar-refractivity contribution is 6.30. The minimum Gasteiger partial charge on any atom is -0.505 e. The summed E-state index contributed by atoms with van der Waals surface area (Å²) in [6.07, 6.45) is 1.25. The Labute approximate surface area is 168 Å². The minimum absolute atomic E-state index is 0.0783. The number of hydrogen-bond acceptors (Lipinski definition) is 4. The highest BCUT2D eigenvalue weighted by Crippen LogP contribution is 2.35. The van der Waals surface area contributed by atoms with Crippen molar-refractivity contribution in [2.45, 2.75) is 26.3 Å². The number of nitrogens with zero attached hydrogens (tertiary/aromatic N) is 2. The molecule has 0 unspecified atom stereocenters. The standard InChI is InChI=1S/C22H21ClN2O3/c1-2-25-10-9-14-5-8-16-19(22(27)28)21(26)18(24-20(16)17(14)12-25)11-13-3-6-15(23)7-4-13/h3-8,26H,2,9-12H2,1H3,(H,27,28). The molecular weight excluding hydrogens is 376 g/mol. The number of fused-ring (bicyclic) bond motifs is 3. The second-order valence-electron chi connectivity index (χ2n) is 7.11. The van der Waals surface area contributed by atoms with Crippen LogP contribution in [0.3, 0.4) is 0 Å². The van der Waals surface area contributed by atoms with Gasteiger partial charge in [0.25, 0.3) is 0 Å². The molecule has 0 amide bonds. The van der Waals surface area contributed by atoms with E-state index in [1.807, 2.05) is 18.2 Å². The summed E-state index contributed by atoms with van der Waals surface area (Å²) in [5.41, 5.74) is 4.13. The van der Waals surface area contributed by atoms with Crippen LogP contribution in [-0.4, -0.2) is 39.2 Å². The lowest BCUT2D eigenvalue weighted by Gasteiger charge is -2.28. The zero-order valence-electron chi connectivity index (χ0n) is 15.6. The molecule has 6 heteroatoms. The molecule has 5 nitrogen and oxygen atoms in total. The maximum atomic E-state index is 12.0. The van der Waals surface area contributed by atoms with E-state index in [0.29, 0.717) is 28.0 Å². The molecule has 1 aliphatic heterocycles. The number of likely N-dealkylation sites (N-methyl/N-ethyl adjacent to an activating group) is 1. The van der Waals surface area contributed by atoms with Crippen LogP contribution in [0, 0.1) is 0 Å². The highest BCUT2D eigenvalue weighted by atomic mass is 35.5. The Morgan fingerprint density at radius 2 is 1.96 bits per heavy atom. The number of aromatic nitrogens is 1. The summed E-state index contributed by atoms with van der Waals surface area (Å²) < 4.78 is 0. The minimum atomic E-state index is -1.15. The van der Waals surface area contributed by atoms with E-state index < -0.39 is 5.97 Å². The average Bonchev–Trinajstić information content (AvgIpc) is 2.69. The summed E-state index contributed by atoms with van der Waals surface area (Å²) in [5.74, 6) is -1.41. The third-order valence-corrected chi connectivity index (χ3v) is 5.68. The molecule has 2 aromatic carbocycles. The maximum Gasteiger partial charge on any atom is 0.340 e. The van der Waals surface area contributed by atoms with E-state index in [9.17, 15) is 15.0 Å². The van der Waals surface area contributed by atoms with Gasteiger partial charge in [0.05, 0.1) is 11.2 Å². The summed E-state index contributed by atoms with van der Waals surface area (Å²) >= 11 is 5.95. The molecule has 1 aliphatic rings. The van der Waals surface area contributed by atoms with Crippen molar-refractivity contribution in [2.75, 3.05) is 13.1 Å². The average molecular weight is 397 g/mol. The van der Waals surface area contributed by atoms with Gasteiger partial charge in [0.2, 0.25) is 0 Å². The van der Waals surface area contributed by atoms with Crippen LogP contribution < -0.4 is 0 Å². The van der Waals surface area contributed by atoms with E-state index in [1.165, 1.54) is 5.56 Å². The van der Waals surface area contributed by atoms with Crippen molar-refractivity contribution in [3.8, 4) is 5.75 Å². The van der Waals surface area contributed by atoms with Crippen LogP contribution >= 0.6 is 11.6 Å². The van der Waals surface area contributed by atoms with Crippen LogP contribution in [0.2, 0.25) is 5.02 Å². The Morgan fingerprint density at radius 3 is 2.64 bits per heavy atom. The molecule has 4 rings (SSSR count). The smallest absolute Gasteiger partial charge is 0.340 e. The first kappa shape index (κ1) is 18.7. The SMILES string of the molecule is CCN1CCc2ccc3c(C(=O)O)c(O)c(Cc4ccc(Cl)cc4)nc3c2C1. The van der Waals surface area contributed by atoms with Gasteiger partial charge in [0, 0.05) is 29.9 Å². The number of halogens is 1. The Bertz CT molecular complexity index is 1060. The molecule has 0 spiro atoms. The molecule has 0 saturated carbocycles. The van der Waals surface area contributed by atoms with Gasteiger partial charge in [-0.15, -0.1) is 0 Å². The molecule has 28 heavy (non-hydrogen) atoms. The van der Waals surface area contributed by atoms with Crippen molar-refractivity contribution in [1.82, 2.24) is 9.88 Å². The number of carboxylic acids is 1. The quantitative estimate of drug-likeness (QED) is 0.689. The first-order chi connectivity index (χ1) is 13.5. The topological polar surface area (TPSA) is 73.7 Å². The lowest BCUT2D eigenvalue weighted by atomic mass is 9.93. The van der Waals surface area contributed by atoms with Gasteiger partial charge in [-0.25, -0.2) is 9.78 Å². The van der Waals surface area contributed by atoms with Gasteiger partial charge < -0.3 is 10.2 Å². The zero-order valence-corrected chi connectivity index (χ0v) is 16.3. The van der Waals surface area contributed by atoms with Crippen LogP contribution in [0.15, 0.2) is 36.4 Å². The fourth-order valence-corrected chi connectivity index (χ4v) is 3.99. The van der Waals surface area contributed by atoms with Crippen LogP contribution in [0.4, 0.5) is 0 Å². The fraction of sp³-hybridized carbons (Fsp3) is 0.273. The van der Waals surface area contributed by atoms with Crippen LogP contribution in [-0.2, 0) is 19.4 Å². The first-order valence-electron chi connectivity index (χ1n) is 9.34. The number of benzene rings is 2.